The van der Waals surface area contributed by atoms with Gasteiger partial charge in [0.05, 0.1) is 44.1 Å². The molecule has 4 aromatic heterocycles. The number of fused-ring (bicyclic) bond motifs is 13. The highest BCUT2D eigenvalue weighted by Crippen LogP contribution is 2.49. The maximum Gasteiger partial charge on any atom is 0.220 e. The second-order valence-corrected chi connectivity index (χ2v) is 17.9. The lowest BCUT2D eigenvalue weighted by molar-refractivity contribution is 0.660. The fraction of sp³-hybridized carbons (Fsp3) is 0.0508. The van der Waals surface area contributed by atoms with Crippen molar-refractivity contribution in [1.82, 2.24) is 27.9 Å². The van der Waals surface area contributed by atoms with E-state index in [0.29, 0.717) is 0 Å². The Morgan fingerprint density at radius 1 is 0.323 bits per heavy atom. The molecule has 13 aromatic rings. The first-order valence-electron chi connectivity index (χ1n) is 22.3. The molecule has 6 nitrogen and oxygen atoms in total. The van der Waals surface area contributed by atoms with Crippen molar-refractivity contribution in [3.63, 3.8) is 0 Å². The predicted octanol–water partition coefficient (Wildman–Crippen LogP) is 14.5. The SMILES string of the molecule is CC1(C)c2ccccc2-c2cc(-n3c4ccc(-c5ccc6c(c5)n5c7ccccc7nc5n6-c5cccc(-c6ccc(-c7ccccc7)cc6)c5)cc4n4c5ccccc5nc34)ccc21. The van der Waals surface area contributed by atoms with Crippen LogP contribution in [-0.4, -0.2) is 27.9 Å². The van der Waals surface area contributed by atoms with Crippen molar-refractivity contribution >= 4 is 55.7 Å². The Bertz CT molecular complexity index is 4080. The monoisotopic (exact) mass is 832 g/mol. The Hall–Kier alpha value is -8.48. The van der Waals surface area contributed by atoms with Crippen molar-refractivity contribution in [3.8, 4) is 55.9 Å². The van der Waals surface area contributed by atoms with E-state index in [9.17, 15) is 0 Å². The first-order valence-corrected chi connectivity index (χ1v) is 22.3. The molecule has 0 spiro atoms. The number of hydrogen-bond donors (Lipinski definition) is 0. The van der Waals surface area contributed by atoms with Crippen molar-refractivity contribution in [2.45, 2.75) is 19.3 Å². The molecule has 4 heterocycles. The molecule has 65 heavy (non-hydrogen) atoms. The topological polar surface area (TPSA) is 44.5 Å². The molecule has 0 N–H and O–H groups in total. The van der Waals surface area contributed by atoms with Gasteiger partial charge >= 0.3 is 0 Å². The van der Waals surface area contributed by atoms with Gasteiger partial charge in [0.1, 0.15) is 0 Å². The maximum atomic E-state index is 5.28. The number of imidazole rings is 4. The molecular weight excluding hydrogens is 793 g/mol. The Labute approximate surface area is 374 Å². The Morgan fingerprint density at radius 2 is 0.800 bits per heavy atom. The van der Waals surface area contributed by atoms with E-state index in [1.165, 1.54) is 38.9 Å². The van der Waals surface area contributed by atoms with Crippen molar-refractivity contribution in [3.05, 3.63) is 217 Å². The van der Waals surface area contributed by atoms with Gasteiger partial charge in [0.15, 0.2) is 0 Å². The maximum absolute atomic E-state index is 5.28. The summed E-state index contributed by atoms with van der Waals surface area (Å²) in [5.41, 5.74) is 23.0. The van der Waals surface area contributed by atoms with Gasteiger partial charge in [-0.2, -0.15) is 0 Å². The molecule has 0 saturated heterocycles. The zero-order chi connectivity index (χ0) is 43.0. The van der Waals surface area contributed by atoms with Gasteiger partial charge in [-0.25, -0.2) is 9.97 Å². The summed E-state index contributed by atoms with van der Waals surface area (Å²) in [6, 6.07) is 74.7. The summed E-state index contributed by atoms with van der Waals surface area (Å²) in [6.07, 6.45) is 0. The largest absolute Gasteiger partial charge is 0.278 e. The molecule has 14 rings (SSSR count). The van der Waals surface area contributed by atoms with E-state index < -0.39 is 0 Å². The number of para-hydroxylation sites is 4. The summed E-state index contributed by atoms with van der Waals surface area (Å²) in [5, 5.41) is 0. The zero-order valence-corrected chi connectivity index (χ0v) is 35.8. The highest BCUT2D eigenvalue weighted by atomic mass is 15.2. The van der Waals surface area contributed by atoms with Crippen LogP contribution in [0.3, 0.4) is 0 Å². The van der Waals surface area contributed by atoms with Crippen molar-refractivity contribution in [2.75, 3.05) is 0 Å². The predicted molar refractivity (Wildman–Crippen MR) is 266 cm³/mol. The minimum Gasteiger partial charge on any atom is -0.278 e. The molecule has 0 atom stereocenters. The lowest BCUT2D eigenvalue weighted by atomic mass is 9.82. The van der Waals surface area contributed by atoms with Gasteiger partial charge in [0.25, 0.3) is 0 Å². The Morgan fingerprint density at radius 3 is 1.45 bits per heavy atom. The van der Waals surface area contributed by atoms with Gasteiger partial charge < -0.3 is 0 Å². The summed E-state index contributed by atoms with van der Waals surface area (Å²) < 4.78 is 9.29. The number of rotatable bonds is 5. The molecule has 0 fully saturated rings. The van der Waals surface area contributed by atoms with Crippen LogP contribution in [0, 0.1) is 0 Å². The van der Waals surface area contributed by atoms with Crippen LogP contribution in [0.1, 0.15) is 25.0 Å². The third-order valence-corrected chi connectivity index (χ3v) is 14.0. The second kappa shape index (κ2) is 13.3. The van der Waals surface area contributed by atoms with Gasteiger partial charge in [-0.1, -0.05) is 147 Å². The van der Waals surface area contributed by atoms with Gasteiger partial charge in [-0.15, -0.1) is 0 Å². The van der Waals surface area contributed by atoms with Crippen LogP contribution >= 0.6 is 0 Å². The fourth-order valence-electron chi connectivity index (χ4n) is 10.8. The van der Waals surface area contributed by atoms with Gasteiger partial charge in [-0.05, 0) is 128 Å². The van der Waals surface area contributed by atoms with Crippen LogP contribution < -0.4 is 0 Å². The van der Waals surface area contributed by atoms with Gasteiger partial charge in [0.2, 0.25) is 11.6 Å². The molecule has 306 valence electrons. The van der Waals surface area contributed by atoms with Crippen LogP contribution in [0.25, 0.3) is 112 Å². The zero-order valence-electron chi connectivity index (χ0n) is 35.8. The average molecular weight is 833 g/mol. The quantitative estimate of drug-likeness (QED) is 0.173. The van der Waals surface area contributed by atoms with Crippen LogP contribution in [0.4, 0.5) is 0 Å². The molecule has 0 saturated carbocycles. The van der Waals surface area contributed by atoms with E-state index in [4.69, 9.17) is 9.97 Å². The normalized spacial score (nSPS) is 13.2. The second-order valence-electron chi connectivity index (χ2n) is 17.9. The molecule has 0 bridgehead atoms. The number of benzene rings is 9. The van der Waals surface area contributed by atoms with Crippen molar-refractivity contribution in [1.29, 1.82) is 0 Å². The highest BCUT2D eigenvalue weighted by molar-refractivity contribution is 5.98. The lowest BCUT2D eigenvalue weighted by Crippen LogP contribution is -2.14. The van der Waals surface area contributed by atoms with E-state index in [0.717, 1.165) is 83.8 Å². The summed E-state index contributed by atoms with van der Waals surface area (Å²) in [6.45, 7) is 4.67. The van der Waals surface area contributed by atoms with Gasteiger partial charge in [-0.3, -0.25) is 17.9 Å². The summed E-state index contributed by atoms with van der Waals surface area (Å²) in [4.78, 5) is 10.5. The van der Waals surface area contributed by atoms with E-state index in [1.807, 2.05) is 0 Å². The summed E-state index contributed by atoms with van der Waals surface area (Å²) in [5.74, 6) is 1.78. The molecule has 0 amide bonds. The number of aromatic nitrogens is 6. The standard InChI is InChI=1S/C59H40N6/c1-59(2)47-18-7-6-17-45(47)46-36-44(29-30-48(46)59)63-54-32-28-42(35-56(54)65-52-22-11-9-20-50(52)61-58(63)65)41-27-31-53-55(34-41)64-51-21-10-8-19-49(51)60-57(64)62(53)43-16-12-15-40(33-43)39-25-23-38(24-26-39)37-13-4-3-5-14-37/h3-36H,1-2H3. The van der Waals surface area contributed by atoms with E-state index >= 15 is 0 Å². The first kappa shape index (κ1) is 36.0. The summed E-state index contributed by atoms with van der Waals surface area (Å²) >= 11 is 0. The first-order chi connectivity index (χ1) is 32.0. The molecule has 0 unspecified atom stereocenters. The van der Waals surface area contributed by atoms with Crippen molar-refractivity contribution < 1.29 is 0 Å². The van der Waals surface area contributed by atoms with Crippen molar-refractivity contribution in [2.24, 2.45) is 0 Å². The molecule has 9 aromatic carbocycles. The number of hydrogen-bond acceptors (Lipinski definition) is 2. The summed E-state index contributed by atoms with van der Waals surface area (Å²) in [7, 11) is 0. The van der Waals surface area contributed by atoms with Crippen LogP contribution in [0.2, 0.25) is 0 Å². The minimum atomic E-state index is -0.0635. The molecular formula is C59H40N6. The minimum absolute atomic E-state index is 0.0635. The Kier molecular flexibility index (Phi) is 7.36. The third-order valence-electron chi connectivity index (χ3n) is 14.0. The van der Waals surface area contributed by atoms with E-state index in [2.05, 4.69) is 238 Å². The van der Waals surface area contributed by atoms with E-state index in [-0.39, 0.29) is 5.41 Å². The molecule has 0 radical (unpaired) electrons. The fourth-order valence-corrected chi connectivity index (χ4v) is 10.8. The molecule has 1 aliphatic rings. The third kappa shape index (κ3) is 5.16. The van der Waals surface area contributed by atoms with E-state index in [1.54, 1.807) is 0 Å². The smallest absolute Gasteiger partial charge is 0.220 e. The van der Waals surface area contributed by atoms with Crippen LogP contribution in [0.5, 0.6) is 0 Å². The molecule has 0 aliphatic heterocycles. The van der Waals surface area contributed by atoms with Gasteiger partial charge in [0, 0.05) is 16.8 Å². The van der Waals surface area contributed by atoms with Crippen LogP contribution in [0.15, 0.2) is 206 Å². The Balaban J connectivity index is 0.932. The number of nitrogens with zero attached hydrogens (tertiary/aromatic N) is 6. The highest BCUT2D eigenvalue weighted by Gasteiger charge is 2.35. The van der Waals surface area contributed by atoms with Crippen LogP contribution in [-0.2, 0) is 5.41 Å². The molecule has 1 aliphatic carbocycles. The average Bonchev–Trinajstić information content (AvgIpc) is 4.14. The molecule has 6 heteroatoms. The lowest BCUT2D eigenvalue weighted by Gasteiger charge is -2.21.